The average Bonchev–Trinajstić information content (AvgIpc) is 2.64. The molecular formula is C19H16ClF4N3O3. The Kier molecular flexibility index (Phi) is 6.66. The number of hydrogen-bond donors (Lipinski definition) is 3. The van der Waals surface area contributed by atoms with Gasteiger partial charge in [-0.2, -0.15) is 8.78 Å². The molecule has 160 valence electrons. The molecule has 1 aliphatic heterocycles. The van der Waals surface area contributed by atoms with E-state index in [1.54, 1.807) is 24.3 Å². The molecule has 0 aromatic heterocycles. The summed E-state index contributed by atoms with van der Waals surface area (Å²) in [5.74, 6) is -4.53. The van der Waals surface area contributed by atoms with Crippen molar-refractivity contribution in [2.75, 3.05) is 11.9 Å². The van der Waals surface area contributed by atoms with E-state index in [-0.39, 0.29) is 13.0 Å². The van der Waals surface area contributed by atoms with Crippen LogP contribution in [0, 0.1) is 11.6 Å². The van der Waals surface area contributed by atoms with Crippen LogP contribution >= 0.6 is 11.6 Å². The van der Waals surface area contributed by atoms with Gasteiger partial charge in [0, 0.05) is 47.3 Å². The first kappa shape index (κ1) is 21.7. The molecule has 2 atom stereocenters. The largest absolute Gasteiger partial charge is 0.435 e. The minimum absolute atomic E-state index is 0.0777. The van der Waals surface area contributed by atoms with Crippen LogP contribution in [0.25, 0.3) is 0 Å². The first-order valence-corrected chi connectivity index (χ1v) is 9.14. The molecule has 0 unspecified atom stereocenters. The minimum Gasteiger partial charge on any atom is -0.435 e. The number of urea groups is 1. The Hall–Kier alpha value is -3.01. The lowest BCUT2D eigenvalue weighted by Crippen LogP contribution is -2.53. The number of benzene rings is 2. The van der Waals surface area contributed by atoms with Crippen LogP contribution in [0.15, 0.2) is 36.4 Å². The Morgan fingerprint density at radius 2 is 1.80 bits per heavy atom. The number of alkyl halides is 2. The van der Waals surface area contributed by atoms with E-state index in [4.69, 9.17) is 11.6 Å². The summed E-state index contributed by atoms with van der Waals surface area (Å²) in [4.78, 5) is 24.1. The molecule has 2 aromatic carbocycles. The van der Waals surface area contributed by atoms with Gasteiger partial charge < -0.3 is 20.7 Å². The monoisotopic (exact) mass is 445 g/mol. The number of amides is 3. The summed E-state index contributed by atoms with van der Waals surface area (Å²) in [7, 11) is 0. The van der Waals surface area contributed by atoms with E-state index in [0.717, 1.165) is 0 Å². The molecule has 3 amide bonds. The Bertz CT molecular complexity index is 920. The lowest BCUT2D eigenvalue weighted by Gasteiger charge is -2.33. The van der Waals surface area contributed by atoms with Gasteiger partial charge in [-0.25, -0.2) is 13.6 Å². The van der Waals surface area contributed by atoms with Crippen molar-refractivity contribution in [3.8, 4) is 5.75 Å². The smallest absolute Gasteiger partial charge is 0.387 e. The highest BCUT2D eigenvalue weighted by Crippen LogP contribution is 2.33. The number of nitrogens with one attached hydrogen (secondary N) is 3. The summed E-state index contributed by atoms with van der Waals surface area (Å²) < 4.78 is 57.7. The summed E-state index contributed by atoms with van der Waals surface area (Å²) in [6, 6.07) is 5.95. The second-order valence-electron chi connectivity index (χ2n) is 6.51. The topological polar surface area (TPSA) is 79.5 Å². The van der Waals surface area contributed by atoms with Gasteiger partial charge in [-0.1, -0.05) is 11.6 Å². The van der Waals surface area contributed by atoms with Crippen LogP contribution in [0.5, 0.6) is 5.75 Å². The van der Waals surface area contributed by atoms with Crippen molar-refractivity contribution in [1.82, 2.24) is 10.6 Å². The van der Waals surface area contributed by atoms with E-state index in [9.17, 15) is 27.2 Å². The van der Waals surface area contributed by atoms with E-state index in [1.165, 1.54) is 0 Å². The lowest BCUT2D eigenvalue weighted by molar-refractivity contribution is -0.123. The molecule has 1 aliphatic rings. The van der Waals surface area contributed by atoms with Gasteiger partial charge in [0.1, 0.15) is 17.4 Å². The number of ether oxygens (including phenoxy) is 1. The van der Waals surface area contributed by atoms with Crippen LogP contribution in [0.4, 0.5) is 28.0 Å². The van der Waals surface area contributed by atoms with Gasteiger partial charge in [0.15, 0.2) is 0 Å². The van der Waals surface area contributed by atoms with Crippen LogP contribution in [0.3, 0.4) is 0 Å². The fourth-order valence-corrected chi connectivity index (χ4v) is 3.32. The highest BCUT2D eigenvalue weighted by molar-refractivity contribution is 6.30. The predicted molar refractivity (Wildman–Crippen MR) is 101 cm³/mol. The SMILES string of the molecule is O=C1C[C@H](c2c(F)cc(OC(F)F)cc2F)[C@@H](NC(=O)Nc2ccc(Cl)cc2)CN1. The van der Waals surface area contributed by atoms with Crippen molar-refractivity contribution >= 4 is 29.2 Å². The fraction of sp³-hybridized carbons (Fsp3) is 0.263. The maximum absolute atomic E-state index is 14.5. The Morgan fingerprint density at radius 1 is 1.17 bits per heavy atom. The molecule has 1 fully saturated rings. The molecule has 1 saturated heterocycles. The Morgan fingerprint density at radius 3 is 2.40 bits per heavy atom. The third kappa shape index (κ3) is 5.32. The molecule has 0 bridgehead atoms. The van der Waals surface area contributed by atoms with E-state index >= 15 is 0 Å². The molecule has 3 rings (SSSR count). The van der Waals surface area contributed by atoms with Gasteiger partial charge in [0.05, 0.1) is 6.04 Å². The molecule has 1 heterocycles. The summed E-state index contributed by atoms with van der Waals surface area (Å²) in [6.07, 6.45) is -0.311. The third-order valence-electron chi connectivity index (χ3n) is 4.48. The van der Waals surface area contributed by atoms with Crippen LogP contribution in [-0.4, -0.2) is 31.1 Å². The number of rotatable bonds is 5. The summed E-state index contributed by atoms with van der Waals surface area (Å²) in [5.41, 5.74) is -0.0672. The summed E-state index contributed by atoms with van der Waals surface area (Å²) in [6.45, 7) is -3.33. The molecule has 0 aliphatic carbocycles. The normalized spacial score (nSPS) is 18.7. The van der Waals surface area contributed by atoms with Crippen molar-refractivity contribution in [2.45, 2.75) is 25.0 Å². The molecule has 0 radical (unpaired) electrons. The van der Waals surface area contributed by atoms with Crippen molar-refractivity contribution in [1.29, 1.82) is 0 Å². The Labute approximate surface area is 173 Å². The number of hydrogen-bond acceptors (Lipinski definition) is 3. The quantitative estimate of drug-likeness (QED) is 0.608. The molecule has 0 saturated carbocycles. The second-order valence-corrected chi connectivity index (χ2v) is 6.94. The summed E-state index contributed by atoms with van der Waals surface area (Å²) in [5, 5.41) is 8.11. The van der Waals surface area contributed by atoms with Gasteiger partial charge in [-0.05, 0) is 24.3 Å². The summed E-state index contributed by atoms with van der Waals surface area (Å²) >= 11 is 5.78. The number of piperidine rings is 1. The first-order chi connectivity index (χ1) is 14.2. The zero-order chi connectivity index (χ0) is 21.8. The molecule has 2 aromatic rings. The fourth-order valence-electron chi connectivity index (χ4n) is 3.19. The highest BCUT2D eigenvalue weighted by atomic mass is 35.5. The molecule has 30 heavy (non-hydrogen) atoms. The molecule has 6 nitrogen and oxygen atoms in total. The third-order valence-corrected chi connectivity index (χ3v) is 4.73. The van der Waals surface area contributed by atoms with Crippen molar-refractivity contribution in [2.24, 2.45) is 0 Å². The maximum Gasteiger partial charge on any atom is 0.387 e. The van der Waals surface area contributed by atoms with Crippen LogP contribution < -0.4 is 20.7 Å². The molecule has 11 heteroatoms. The average molecular weight is 446 g/mol. The van der Waals surface area contributed by atoms with E-state index < -0.39 is 53.5 Å². The van der Waals surface area contributed by atoms with Crippen LogP contribution in [0.2, 0.25) is 5.02 Å². The number of halogens is 5. The minimum atomic E-state index is -3.25. The zero-order valence-electron chi connectivity index (χ0n) is 15.2. The highest BCUT2D eigenvalue weighted by Gasteiger charge is 2.35. The molecule has 3 N–H and O–H groups in total. The van der Waals surface area contributed by atoms with Gasteiger partial charge in [-0.3, -0.25) is 4.79 Å². The first-order valence-electron chi connectivity index (χ1n) is 8.76. The van der Waals surface area contributed by atoms with E-state index in [2.05, 4.69) is 20.7 Å². The number of carbonyl (C=O) groups is 2. The van der Waals surface area contributed by atoms with Crippen molar-refractivity contribution in [3.05, 3.63) is 58.6 Å². The van der Waals surface area contributed by atoms with Gasteiger partial charge in [0.25, 0.3) is 0 Å². The zero-order valence-corrected chi connectivity index (χ0v) is 16.0. The van der Waals surface area contributed by atoms with Crippen molar-refractivity contribution < 1.29 is 31.9 Å². The molecule has 0 spiro atoms. The van der Waals surface area contributed by atoms with E-state index in [0.29, 0.717) is 22.8 Å². The predicted octanol–water partition coefficient (Wildman–Crippen LogP) is 4.01. The van der Waals surface area contributed by atoms with Gasteiger partial charge in [-0.15, -0.1) is 0 Å². The van der Waals surface area contributed by atoms with Crippen LogP contribution in [-0.2, 0) is 4.79 Å². The van der Waals surface area contributed by atoms with Gasteiger partial charge in [0.2, 0.25) is 5.91 Å². The number of carbonyl (C=O) groups excluding carboxylic acids is 2. The van der Waals surface area contributed by atoms with E-state index in [1.807, 2.05) is 0 Å². The maximum atomic E-state index is 14.5. The van der Waals surface area contributed by atoms with Crippen LogP contribution in [0.1, 0.15) is 17.9 Å². The molecular weight excluding hydrogens is 430 g/mol. The standard InChI is InChI=1S/C19H16ClF4N3O3/c20-9-1-3-10(4-2-9)26-19(29)27-15-8-25-16(28)7-12(15)17-13(21)5-11(6-14(17)22)30-18(23)24/h1-6,12,15,18H,7-8H2,(H,25,28)(H2,26,27,29)/t12-,15-/m0/s1. The van der Waals surface area contributed by atoms with Gasteiger partial charge >= 0.3 is 12.6 Å². The lowest BCUT2D eigenvalue weighted by atomic mass is 9.85. The van der Waals surface area contributed by atoms with Crippen molar-refractivity contribution in [3.63, 3.8) is 0 Å². The second kappa shape index (κ2) is 9.21. The Balaban J connectivity index is 1.80. The number of anilines is 1.